The monoisotopic (exact) mass is 216 g/mol. The van der Waals surface area contributed by atoms with Crippen molar-refractivity contribution in [3.05, 3.63) is 59.4 Å². The van der Waals surface area contributed by atoms with Crippen LogP contribution in [-0.2, 0) is 6.61 Å². The molecule has 2 aromatic carbocycles. The van der Waals surface area contributed by atoms with Crippen LogP contribution in [0, 0.1) is 12.7 Å². The summed E-state index contributed by atoms with van der Waals surface area (Å²) in [6.07, 6.45) is 0. The van der Waals surface area contributed by atoms with Crippen LogP contribution in [0.25, 0.3) is 11.1 Å². The number of halogens is 1. The van der Waals surface area contributed by atoms with Gasteiger partial charge in [-0.15, -0.1) is 0 Å². The Morgan fingerprint density at radius 2 is 1.75 bits per heavy atom. The molecule has 2 rings (SSSR count). The van der Waals surface area contributed by atoms with Crippen LogP contribution in [0.5, 0.6) is 0 Å². The molecule has 1 N–H and O–H groups in total. The van der Waals surface area contributed by atoms with Crippen LogP contribution in [-0.4, -0.2) is 5.11 Å². The molecule has 0 radical (unpaired) electrons. The van der Waals surface area contributed by atoms with Crippen LogP contribution in [0.15, 0.2) is 42.5 Å². The van der Waals surface area contributed by atoms with E-state index >= 15 is 0 Å². The summed E-state index contributed by atoms with van der Waals surface area (Å²) in [5, 5.41) is 8.92. The lowest BCUT2D eigenvalue weighted by molar-refractivity contribution is 0.282. The second-order valence-corrected chi connectivity index (χ2v) is 3.84. The quantitative estimate of drug-likeness (QED) is 0.816. The van der Waals surface area contributed by atoms with E-state index in [1.807, 2.05) is 25.1 Å². The highest BCUT2D eigenvalue weighted by Gasteiger charge is 2.04. The summed E-state index contributed by atoms with van der Waals surface area (Å²) >= 11 is 0. The average Bonchev–Trinajstić information content (AvgIpc) is 2.32. The molecule has 0 atom stereocenters. The van der Waals surface area contributed by atoms with Gasteiger partial charge in [-0.25, -0.2) is 4.39 Å². The lowest BCUT2D eigenvalue weighted by Crippen LogP contribution is -1.87. The van der Waals surface area contributed by atoms with E-state index in [4.69, 9.17) is 5.11 Å². The molecule has 1 nitrogen and oxygen atoms in total. The molecule has 0 bridgehead atoms. The third-order valence-corrected chi connectivity index (χ3v) is 2.57. The molecule has 16 heavy (non-hydrogen) atoms. The Balaban J connectivity index is 2.45. The van der Waals surface area contributed by atoms with E-state index in [0.29, 0.717) is 5.56 Å². The first-order valence-corrected chi connectivity index (χ1v) is 5.17. The number of aryl methyl sites for hydroxylation is 1. The summed E-state index contributed by atoms with van der Waals surface area (Å²) in [7, 11) is 0. The maximum absolute atomic E-state index is 13.6. The molecule has 0 saturated heterocycles. The largest absolute Gasteiger partial charge is 0.392 e. The van der Waals surface area contributed by atoms with Crippen LogP contribution in [0.4, 0.5) is 4.39 Å². The van der Waals surface area contributed by atoms with E-state index in [0.717, 1.165) is 16.7 Å². The highest BCUT2D eigenvalue weighted by molar-refractivity contribution is 5.65. The molecule has 0 aliphatic heterocycles. The van der Waals surface area contributed by atoms with Crippen molar-refractivity contribution in [2.24, 2.45) is 0 Å². The summed E-state index contributed by atoms with van der Waals surface area (Å²) in [4.78, 5) is 0. The summed E-state index contributed by atoms with van der Waals surface area (Å²) < 4.78 is 13.6. The summed E-state index contributed by atoms with van der Waals surface area (Å²) in [5.41, 5.74) is 3.29. The van der Waals surface area contributed by atoms with Crippen LogP contribution >= 0.6 is 0 Å². The first kappa shape index (κ1) is 10.8. The van der Waals surface area contributed by atoms with Crippen molar-refractivity contribution in [1.29, 1.82) is 0 Å². The van der Waals surface area contributed by atoms with E-state index in [1.165, 1.54) is 6.07 Å². The zero-order valence-electron chi connectivity index (χ0n) is 9.07. The fraction of sp³-hybridized carbons (Fsp3) is 0.143. The van der Waals surface area contributed by atoms with Crippen molar-refractivity contribution in [3.8, 4) is 11.1 Å². The molecule has 0 heterocycles. The van der Waals surface area contributed by atoms with Gasteiger partial charge in [0.1, 0.15) is 5.82 Å². The minimum atomic E-state index is -0.220. The topological polar surface area (TPSA) is 20.2 Å². The smallest absolute Gasteiger partial charge is 0.131 e. The van der Waals surface area contributed by atoms with Gasteiger partial charge in [0.15, 0.2) is 0 Å². The minimum Gasteiger partial charge on any atom is -0.392 e. The highest BCUT2D eigenvalue weighted by atomic mass is 19.1. The lowest BCUT2D eigenvalue weighted by Gasteiger charge is -2.05. The maximum Gasteiger partial charge on any atom is 0.131 e. The van der Waals surface area contributed by atoms with Crippen molar-refractivity contribution in [3.63, 3.8) is 0 Å². The third kappa shape index (κ3) is 2.12. The van der Waals surface area contributed by atoms with Gasteiger partial charge in [-0.05, 0) is 30.2 Å². The minimum absolute atomic E-state index is 0.0105. The Labute approximate surface area is 94.2 Å². The van der Waals surface area contributed by atoms with Gasteiger partial charge in [-0.2, -0.15) is 0 Å². The van der Waals surface area contributed by atoms with Gasteiger partial charge in [0.2, 0.25) is 0 Å². The van der Waals surface area contributed by atoms with Crippen molar-refractivity contribution in [1.82, 2.24) is 0 Å². The SMILES string of the molecule is Cc1ccc(F)c(-c2ccc(CO)cc2)c1. The Morgan fingerprint density at radius 1 is 1.06 bits per heavy atom. The van der Waals surface area contributed by atoms with Crippen molar-refractivity contribution in [2.75, 3.05) is 0 Å². The molecular formula is C14H13FO. The molecule has 0 unspecified atom stereocenters. The Kier molecular flexibility index (Phi) is 3.02. The fourth-order valence-corrected chi connectivity index (χ4v) is 1.65. The predicted molar refractivity (Wildman–Crippen MR) is 62.5 cm³/mol. The van der Waals surface area contributed by atoms with Crippen molar-refractivity contribution < 1.29 is 9.50 Å². The van der Waals surface area contributed by atoms with Crippen LogP contribution in [0.1, 0.15) is 11.1 Å². The number of hydrogen-bond donors (Lipinski definition) is 1. The summed E-state index contributed by atoms with van der Waals surface area (Å²) in [6, 6.07) is 12.3. The summed E-state index contributed by atoms with van der Waals surface area (Å²) in [5.74, 6) is -0.220. The van der Waals surface area contributed by atoms with Crippen molar-refractivity contribution >= 4 is 0 Å². The van der Waals surface area contributed by atoms with Crippen molar-refractivity contribution in [2.45, 2.75) is 13.5 Å². The van der Waals surface area contributed by atoms with E-state index in [9.17, 15) is 4.39 Å². The molecule has 2 heteroatoms. The zero-order chi connectivity index (χ0) is 11.5. The number of aliphatic hydroxyl groups is 1. The first-order chi connectivity index (χ1) is 7.70. The normalized spacial score (nSPS) is 10.4. The van der Waals surface area contributed by atoms with Gasteiger partial charge in [-0.1, -0.05) is 35.9 Å². The fourth-order valence-electron chi connectivity index (χ4n) is 1.65. The molecule has 0 amide bonds. The van der Waals surface area contributed by atoms with E-state index < -0.39 is 0 Å². The molecule has 0 aliphatic rings. The Morgan fingerprint density at radius 3 is 2.38 bits per heavy atom. The first-order valence-electron chi connectivity index (χ1n) is 5.17. The van der Waals surface area contributed by atoms with Gasteiger partial charge < -0.3 is 5.11 Å². The molecule has 0 spiro atoms. The number of rotatable bonds is 2. The van der Waals surface area contributed by atoms with Gasteiger partial charge in [0, 0.05) is 5.56 Å². The predicted octanol–water partition coefficient (Wildman–Crippen LogP) is 3.29. The Hall–Kier alpha value is -1.67. The third-order valence-electron chi connectivity index (χ3n) is 2.57. The average molecular weight is 216 g/mol. The van der Waals surface area contributed by atoms with E-state index in [-0.39, 0.29) is 12.4 Å². The van der Waals surface area contributed by atoms with Crippen LogP contribution in [0.3, 0.4) is 0 Å². The summed E-state index contributed by atoms with van der Waals surface area (Å²) in [6.45, 7) is 1.95. The number of aliphatic hydroxyl groups excluding tert-OH is 1. The molecule has 0 saturated carbocycles. The molecule has 82 valence electrons. The standard InChI is InChI=1S/C14H13FO/c1-10-2-7-14(15)13(8-10)12-5-3-11(9-16)4-6-12/h2-8,16H,9H2,1H3. The van der Waals surface area contributed by atoms with E-state index in [2.05, 4.69) is 0 Å². The Bertz CT molecular complexity index is 489. The zero-order valence-corrected chi connectivity index (χ0v) is 9.07. The lowest BCUT2D eigenvalue weighted by atomic mass is 10.0. The van der Waals surface area contributed by atoms with E-state index in [1.54, 1.807) is 18.2 Å². The van der Waals surface area contributed by atoms with Gasteiger partial charge >= 0.3 is 0 Å². The molecular weight excluding hydrogens is 203 g/mol. The molecule has 0 aliphatic carbocycles. The van der Waals surface area contributed by atoms with Crippen LogP contribution < -0.4 is 0 Å². The highest BCUT2D eigenvalue weighted by Crippen LogP contribution is 2.24. The number of hydrogen-bond acceptors (Lipinski definition) is 1. The molecule has 2 aromatic rings. The number of benzene rings is 2. The molecule has 0 aromatic heterocycles. The van der Waals surface area contributed by atoms with Gasteiger partial charge in [-0.3, -0.25) is 0 Å². The second-order valence-electron chi connectivity index (χ2n) is 3.84. The second kappa shape index (κ2) is 4.45. The van der Waals surface area contributed by atoms with Gasteiger partial charge in [0.05, 0.1) is 6.61 Å². The molecule has 0 fully saturated rings. The maximum atomic E-state index is 13.6. The van der Waals surface area contributed by atoms with Gasteiger partial charge in [0.25, 0.3) is 0 Å². The van der Waals surface area contributed by atoms with Crippen LogP contribution in [0.2, 0.25) is 0 Å².